The molecule has 0 saturated carbocycles. The fourth-order valence-corrected chi connectivity index (χ4v) is 3.02. The number of carbonyl (C=O) groups excluding carboxylic acids is 1. The van der Waals surface area contributed by atoms with E-state index in [4.69, 9.17) is 5.26 Å². The van der Waals surface area contributed by atoms with Crippen LogP contribution in [0.4, 0.5) is 4.39 Å². The van der Waals surface area contributed by atoms with Gasteiger partial charge in [0, 0.05) is 20.1 Å². The minimum atomic E-state index is -0.260. The summed E-state index contributed by atoms with van der Waals surface area (Å²) < 4.78 is 15.9. The summed E-state index contributed by atoms with van der Waals surface area (Å²) in [5, 5.41) is 13.1. The summed E-state index contributed by atoms with van der Waals surface area (Å²) in [5.74, 6) is -0.512. The molecule has 0 radical (unpaired) electrons. The molecule has 2 heterocycles. The zero-order valence-corrected chi connectivity index (χ0v) is 13.4. The summed E-state index contributed by atoms with van der Waals surface area (Å²) in [4.78, 5) is 14.2. The molecule has 1 aromatic carbocycles. The molecule has 112 valence electrons. The molecule has 5 nitrogen and oxygen atoms in total. The Morgan fingerprint density at radius 2 is 2.27 bits per heavy atom. The first-order chi connectivity index (χ1) is 10.5. The molecule has 0 atom stereocenters. The smallest absolute Gasteiger partial charge is 0.258 e. The predicted molar refractivity (Wildman–Crippen MR) is 80.5 cm³/mol. The maximum absolute atomic E-state index is 14.0. The number of amides is 1. The highest BCUT2D eigenvalue weighted by molar-refractivity contribution is 9.10. The van der Waals surface area contributed by atoms with Crippen molar-refractivity contribution in [2.45, 2.75) is 13.0 Å². The Morgan fingerprint density at radius 3 is 3.00 bits per heavy atom. The van der Waals surface area contributed by atoms with E-state index >= 15 is 0 Å². The SMILES string of the molecule is Cn1ncc(C(=O)N2CCc3c(ccc(Br)c3F)C2)c1C#N. The van der Waals surface area contributed by atoms with Gasteiger partial charge in [-0.15, -0.1) is 0 Å². The molecule has 0 bridgehead atoms. The maximum Gasteiger partial charge on any atom is 0.258 e. The van der Waals surface area contributed by atoms with Gasteiger partial charge >= 0.3 is 0 Å². The lowest BCUT2D eigenvalue weighted by molar-refractivity contribution is 0.0733. The van der Waals surface area contributed by atoms with Gasteiger partial charge in [-0.05, 0) is 39.5 Å². The highest BCUT2D eigenvalue weighted by Gasteiger charge is 2.27. The van der Waals surface area contributed by atoms with E-state index in [-0.39, 0.29) is 23.0 Å². The van der Waals surface area contributed by atoms with Crippen LogP contribution in [0.2, 0.25) is 0 Å². The first-order valence-electron chi connectivity index (χ1n) is 6.70. The topological polar surface area (TPSA) is 61.9 Å². The Morgan fingerprint density at radius 1 is 1.50 bits per heavy atom. The first-order valence-corrected chi connectivity index (χ1v) is 7.49. The minimum Gasteiger partial charge on any atom is -0.334 e. The van der Waals surface area contributed by atoms with Crippen molar-refractivity contribution >= 4 is 21.8 Å². The molecular weight excluding hydrogens is 351 g/mol. The van der Waals surface area contributed by atoms with Crippen molar-refractivity contribution in [3.63, 3.8) is 0 Å². The van der Waals surface area contributed by atoms with Crippen molar-refractivity contribution < 1.29 is 9.18 Å². The molecular formula is C15H12BrFN4O. The third-order valence-electron chi connectivity index (χ3n) is 3.85. The van der Waals surface area contributed by atoms with Gasteiger partial charge in [0.2, 0.25) is 0 Å². The number of benzene rings is 1. The summed E-state index contributed by atoms with van der Waals surface area (Å²) in [6, 6.07) is 5.45. The van der Waals surface area contributed by atoms with E-state index in [9.17, 15) is 9.18 Å². The second-order valence-electron chi connectivity index (χ2n) is 5.12. The van der Waals surface area contributed by atoms with Crippen LogP contribution in [0, 0.1) is 17.1 Å². The van der Waals surface area contributed by atoms with E-state index in [2.05, 4.69) is 21.0 Å². The molecule has 0 fully saturated rings. The van der Waals surface area contributed by atoms with Crippen molar-refractivity contribution in [1.82, 2.24) is 14.7 Å². The molecule has 1 aliphatic rings. The minimum absolute atomic E-state index is 0.234. The van der Waals surface area contributed by atoms with E-state index in [0.717, 1.165) is 5.56 Å². The number of aryl methyl sites for hydroxylation is 1. The third-order valence-corrected chi connectivity index (χ3v) is 4.46. The van der Waals surface area contributed by atoms with Crippen molar-refractivity contribution in [3.05, 3.63) is 51.0 Å². The monoisotopic (exact) mass is 362 g/mol. The predicted octanol–water partition coefficient (Wildman–Crippen LogP) is 2.39. The molecule has 0 N–H and O–H groups in total. The number of carbonyl (C=O) groups is 1. The quantitative estimate of drug-likeness (QED) is 0.782. The second-order valence-corrected chi connectivity index (χ2v) is 5.97. The maximum atomic E-state index is 14.0. The largest absolute Gasteiger partial charge is 0.334 e. The Balaban J connectivity index is 1.90. The molecule has 7 heteroatoms. The normalized spacial score (nSPS) is 13.6. The van der Waals surface area contributed by atoms with E-state index in [1.807, 2.05) is 12.1 Å². The van der Waals surface area contributed by atoms with Crippen LogP contribution in [-0.2, 0) is 20.0 Å². The zero-order chi connectivity index (χ0) is 15.9. The average molecular weight is 363 g/mol. The van der Waals surface area contributed by atoms with E-state index < -0.39 is 0 Å². The van der Waals surface area contributed by atoms with Crippen molar-refractivity contribution in [3.8, 4) is 6.07 Å². The Labute approximate surface area is 135 Å². The molecule has 0 unspecified atom stereocenters. The molecule has 2 aromatic rings. The Bertz CT molecular complexity index is 809. The number of halogens is 2. The summed E-state index contributed by atoms with van der Waals surface area (Å²) in [5.41, 5.74) is 1.96. The average Bonchev–Trinajstić information content (AvgIpc) is 2.90. The number of fused-ring (bicyclic) bond motifs is 1. The van der Waals surface area contributed by atoms with E-state index in [1.54, 1.807) is 18.0 Å². The summed E-state index contributed by atoms with van der Waals surface area (Å²) in [6.45, 7) is 0.747. The lowest BCUT2D eigenvalue weighted by atomic mass is 9.98. The third kappa shape index (κ3) is 2.29. The van der Waals surface area contributed by atoms with Gasteiger partial charge in [-0.25, -0.2) is 4.39 Å². The second kappa shape index (κ2) is 5.54. The van der Waals surface area contributed by atoms with Crippen LogP contribution in [0.25, 0.3) is 0 Å². The number of nitrogens with zero attached hydrogens (tertiary/aromatic N) is 4. The van der Waals surface area contributed by atoms with E-state index in [1.165, 1.54) is 10.9 Å². The molecule has 0 spiro atoms. The number of hydrogen-bond acceptors (Lipinski definition) is 3. The zero-order valence-electron chi connectivity index (χ0n) is 11.8. The van der Waals surface area contributed by atoms with Gasteiger partial charge in [-0.2, -0.15) is 10.4 Å². The van der Waals surface area contributed by atoms with Crippen LogP contribution in [-0.4, -0.2) is 27.1 Å². The fraction of sp³-hybridized carbons (Fsp3) is 0.267. The van der Waals surface area contributed by atoms with Gasteiger partial charge in [-0.1, -0.05) is 6.07 Å². The van der Waals surface area contributed by atoms with Crippen LogP contribution >= 0.6 is 15.9 Å². The number of aromatic nitrogens is 2. The first kappa shape index (κ1) is 14.7. The van der Waals surface area contributed by atoms with E-state index in [0.29, 0.717) is 29.5 Å². The van der Waals surface area contributed by atoms with Crippen LogP contribution in [0.5, 0.6) is 0 Å². The fourth-order valence-electron chi connectivity index (χ4n) is 2.65. The number of rotatable bonds is 1. The molecule has 0 saturated heterocycles. The van der Waals surface area contributed by atoms with Gasteiger partial charge in [-0.3, -0.25) is 9.48 Å². The van der Waals surface area contributed by atoms with Gasteiger partial charge < -0.3 is 4.90 Å². The van der Waals surface area contributed by atoms with Gasteiger partial charge in [0.25, 0.3) is 5.91 Å². The number of hydrogen-bond donors (Lipinski definition) is 0. The van der Waals surface area contributed by atoms with Crippen LogP contribution in [0.1, 0.15) is 27.2 Å². The molecule has 22 heavy (non-hydrogen) atoms. The highest BCUT2D eigenvalue weighted by Crippen LogP contribution is 2.28. The van der Waals surface area contributed by atoms with Crippen molar-refractivity contribution in [2.24, 2.45) is 7.05 Å². The molecule has 0 aliphatic carbocycles. The lowest BCUT2D eigenvalue weighted by Crippen LogP contribution is -2.36. The summed E-state index contributed by atoms with van der Waals surface area (Å²) in [7, 11) is 1.62. The van der Waals surface area contributed by atoms with Crippen molar-refractivity contribution in [2.75, 3.05) is 6.54 Å². The Hall–Kier alpha value is -2.20. The molecule has 1 aliphatic heterocycles. The van der Waals surface area contributed by atoms with Crippen molar-refractivity contribution in [1.29, 1.82) is 5.26 Å². The molecule has 1 amide bonds. The molecule has 3 rings (SSSR count). The lowest BCUT2D eigenvalue weighted by Gasteiger charge is -2.29. The van der Waals surface area contributed by atoms with Gasteiger partial charge in [0.15, 0.2) is 5.69 Å². The van der Waals surface area contributed by atoms with Crippen LogP contribution < -0.4 is 0 Å². The number of nitriles is 1. The van der Waals surface area contributed by atoms with Crippen LogP contribution in [0.3, 0.4) is 0 Å². The molecule has 1 aromatic heterocycles. The van der Waals surface area contributed by atoms with Crippen LogP contribution in [0.15, 0.2) is 22.8 Å². The summed E-state index contributed by atoms with van der Waals surface area (Å²) in [6.07, 6.45) is 1.85. The standard InChI is InChI=1S/C15H12BrFN4O/c1-20-13(6-18)11(7-19-20)15(22)21-5-4-10-9(8-21)2-3-12(16)14(10)17/h2-3,7H,4-5,8H2,1H3. The highest BCUT2D eigenvalue weighted by atomic mass is 79.9. The van der Waals surface area contributed by atoms with Gasteiger partial charge in [0.05, 0.1) is 16.2 Å². The Kier molecular flexibility index (Phi) is 3.71. The van der Waals surface area contributed by atoms with Gasteiger partial charge in [0.1, 0.15) is 11.9 Å². The summed E-state index contributed by atoms with van der Waals surface area (Å²) >= 11 is 3.17.